The summed E-state index contributed by atoms with van der Waals surface area (Å²) in [4.78, 5) is 17.6. The SMILES string of the molecule is Cc1c(N)c2ccccc2n1C(=O)c1cncc2c1CCN(S(C)(=O)=O)C2. The van der Waals surface area contributed by atoms with E-state index in [9.17, 15) is 13.2 Å². The Morgan fingerprint density at radius 1 is 1.22 bits per heavy atom. The molecule has 0 atom stereocenters. The molecule has 0 saturated heterocycles. The monoisotopic (exact) mass is 384 g/mol. The molecule has 0 saturated carbocycles. The molecule has 8 heteroatoms. The predicted molar refractivity (Wildman–Crippen MR) is 104 cm³/mol. The van der Waals surface area contributed by atoms with Crippen LogP contribution in [0.2, 0.25) is 0 Å². The summed E-state index contributed by atoms with van der Waals surface area (Å²) < 4.78 is 26.7. The number of nitrogen functional groups attached to an aromatic ring is 1. The Hall–Kier alpha value is -2.71. The third-order valence-electron chi connectivity index (χ3n) is 5.17. The lowest BCUT2D eigenvalue weighted by Gasteiger charge is -2.27. The van der Waals surface area contributed by atoms with Crippen LogP contribution in [0.25, 0.3) is 10.9 Å². The van der Waals surface area contributed by atoms with E-state index in [0.29, 0.717) is 29.9 Å². The number of hydrogen-bond acceptors (Lipinski definition) is 5. The Morgan fingerprint density at radius 2 is 1.96 bits per heavy atom. The van der Waals surface area contributed by atoms with Crippen molar-refractivity contribution in [3.05, 3.63) is 59.0 Å². The van der Waals surface area contributed by atoms with Crippen LogP contribution in [-0.2, 0) is 23.0 Å². The van der Waals surface area contributed by atoms with Crippen LogP contribution in [0.4, 0.5) is 5.69 Å². The molecule has 27 heavy (non-hydrogen) atoms. The van der Waals surface area contributed by atoms with Gasteiger partial charge in [-0.15, -0.1) is 0 Å². The average molecular weight is 384 g/mol. The van der Waals surface area contributed by atoms with Crippen LogP contribution in [0.1, 0.15) is 27.2 Å². The van der Waals surface area contributed by atoms with Crippen LogP contribution in [0.15, 0.2) is 36.7 Å². The van der Waals surface area contributed by atoms with E-state index in [1.54, 1.807) is 17.0 Å². The molecule has 1 aromatic carbocycles. The molecule has 140 valence electrons. The van der Waals surface area contributed by atoms with Crippen molar-refractivity contribution in [1.82, 2.24) is 13.9 Å². The summed E-state index contributed by atoms with van der Waals surface area (Å²) in [5.41, 5.74) is 10.3. The van der Waals surface area contributed by atoms with Gasteiger partial charge in [-0.3, -0.25) is 14.3 Å². The second-order valence-electron chi connectivity index (χ2n) is 6.83. The van der Waals surface area contributed by atoms with Crippen LogP contribution in [-0.4, -0.2) is 41.0 Å². The molecular formula is C19H20N4O3S. The summed E-state index contributed by atoms with van der Waals surface area (Å²) in [6, 6.07) is 7.52. The molecule has 0 radical (unpaired) electrons. The highest BCUT2D eigenvalue weighted by molar-refractivity contribution is 7.88. The van der Waals surface area contributed by atoms with Crippen LogP contribution < -0.4 is 5.73 Å². The third-order valence-corrected chi connectivity index (χ3v) is 6.42. The van der Waals surface area contributed by atoms with Gasteiger partial charge in [0.05, 0.1) is 23.0 Å². The Labute approximate surface area is 157 Å². The minimum absolute atomic E-state index is 0.197. The molecule has 0 amide bonds. The minimum atomic E-state index is -3.29. The molecule has 1 aliphatic heterocycles. The van der Waals surface area contributed by atoms with Gasteiger partial charge in [0.15, 0.2) is 0 Å². The van der Waals surface area contributed by atoms with Crippen LogP contribution in [0, 0.1) is 6.92 Å². The van der Waals surface area contributed by atoms with Gasteiger partial charge in [-0.25, -0.2) is 8.42 Å². The predicted octanol–water partition coefficient (Wildman–Crippen LogP) is 1.93. The van der Waals surface area contributed by atoms with E-state index in [1.165, 1.54) is 10.6 Å². The number of fused-ring (bicyclic) bond motifs is 2. The molecule has 3 heterocycles. The average Bonchev–Trinajstić information content (AvgIpc) is 2.90. The number of benzene rings is 1. The maximum atomic E-state index is 13.4. The topological polar surface area (TPSA) is 98.3 Å². The largest absolute Gasteiger partial charge is 0.397 e. The highest BCUT2D eigenvalue weighted by atomic mass is 32.2. The Bertz CT molecular complexity index is 1180. The number of nitrogens with two attached hydrogens (primary N) is 1. The van der Waals surface area contributed by atoms with E-state index < -0.39 is 10.0 Å². The van der Waals surface area contributed by atoms with Crippen molar-refractivity contribution in [3.63, 3.8) is 0 Å². The van der Waals surface area contributed by atoms with E-state index in [0.717, 1.165) is 22.0 Å². The highest BCUT2D eigenvalue weighted by Gasteiger charge is 2.28. The number of anilines is 1. The van der Waals surface area contributed by atoms with Gasteiger partial charge in [0.2, 0.25) is 10.0 Å². The zero-order valence-corrected chi connectivity index (χ0v) is 16.0. The first-order valence-corrected chi connectivity index (χ1v) is 10.4. The fourth-order valence-electron chi connectivity index (χ4n) is 3.71. The lowest BCUT2D eigenvalue weighted by Crippen LogP contribution is -2.36. The normalized spacial score (nSPS) is 15.0. The van der Waals surface area contributed by atoms with Crippen molar-refractivity contribution in [1.29, 1.82) is 0 Å². The maximum Gasteiger partial charge on any atom is 0.264 e. The number of sulfonamides is 1. The first-order chi connectivity index (χ1) is 12.8. The van der Waals surface area contributed by atoms with Gasteiger partial charge in [0, 0.05) is 36.6 Å². The molecule has 1 aliphatic rings. The number of rotatable bonds is 2. The van der Waals surface area contributed by atoms with Gasteiger partial charge in [-0.05, 0) is 30.5 Å². The molecule has 0 fully saturated rings. The van der Waals surface area contributed by atoms with Crippen molar-refractivity contribution in [2.75, 3.05) is 18.5 Å². The smallest absolute Gasteiger partial charge is 0.264 e. The second-order valence-corrected chi connectivity index (χ2v) is 8.81. The third kappa shape index (κ3) is 2.81. The Balaban J connectivity index is 1.83. The second kappa shape index (κ2) is 6.17. The van der Waals surface area contributed by atoms with Crippen molar-refractivity contribution in [2.24, 2.45) is 0 Å². The molecule has 0 unspecified atom stereocenters. The summed E-state index contributed by atoms with van der Waals surface area (Å²) in [6.45, 7) is 2.40. The van der Waals surface area contributed by atoms with Crippen molar-refractivity contribution < 1.29 is 13.2 Å². The van der Waals surface area contributed by atoms with Gasteiger partial charge < -0.3 is 5.73 Å². The molecule has 0 spiro atoms. The molecular weight excluding hydrogens is 364 g/mol. The summed E-state index contributed by atoms with van der Waals surface area (Å²) in [5, 5.41) is 0.837. The van der Waals surface area contributed by atoms with E-state index in [4.69, 9.17) is 5.73 Å². The highest BCUT2D eigenvalue weighted by Crippen LogP contribution is 2.30. The summed E-state index contributed by atoms with van der Waals surface area (Å²) >= 11 is 0. The van der Waals surface area contributed by atoms with E-state index in [2.05, 4.69) is 4.98 Å². The van der Waals surface area contributed by atoms with Gasteiger partial charge in [-0.2, -0.15) is 4.31 Å². The fraction of sp³-hybridized carbons (Fsp3) is 0.263. The molecule has 0 bridgehead atoms. The standard InChI is InChI=1S/C19H20N4O3S/c1-12-18(20)15-5-3-4-6-17(15)23(12)19(24)16-10-21-9-13-11-22(27(2,25)26)8-7-14(13)16/h3-6,9-10H,7-8,11,20H2,1-2H3. The Morgan fingerprint density at radius 3 is 2.70 bits per heavy atom. The molecule has 3 aromatic rings. The lowest BCUT2D eigenvalue weighted by atomic mass is 9.98. The number of carbonyl (C=O) groups excluding carboxylic acids is 1. The number of nitrogens with zero attached hydrogens (tertiary/aromatic N) is 3. The van der Waals surface area contributed by atoms with Gasteiger partial charge in [-0.1, -0.05) is 18.2 Å². The molecule has 2 aromatic heterocycles. The number of pyridine rings is 1. The lowest BCUT2D eigenvalue weighted by molar-refractivity contribution is 0.0961. The minimum Gasteiger partial charge on any atom is -0.397 e. The van der Waals surface area contributed by atoms with Crippen LogP contribution in [0.5, 0.6) is 0 Å². The molecule has 4 rings (SSSR count). The summed E-state index contributed by atoms with van der Waals surface area (Å²) in [7, 11) is -3.29. The molecule has 7 nitrogen and oxygen atoms in total. The number of hydrogen-bond donors (Lipinski definition) is 1. The Kier molecular flexibility index (Phi) is 4.05. The number of aromatic nitrogens is 2. The van der Waals surface area contributed by atoms with E-state index in [-0.39, 0.29) is 12.5 Å². The zero-order valence-electron chi connectivity index (χ0n) is 15.1. The number of para-hydroxylation sites is 1. The van der Waals surface area contributed by atoms with E-state index >= 15 is 0 Å². The summed E-state index contributed by atoms with van der Waals surface area (Å²) in [5.74, 6) is -0.197. The van der Waals surface area contributed by atoms with E-state index in [1.807, 2.05) is 31.2 Å². The quantitative estimate of drug-likeness (QED) is 0.728. The maximum absolute atomic E-state index is 13.4. The molecule has 2 N–H and O–H groups in total. The summed E-state index contributed by atoms with van der Waals surface area (Å²) in [6.07, 6.45) is 4.86. The zero-order chi connectivity index (χ0) is 19.3. The van der Waals surface area contributed by atoms with Crippen molar-refractivity contribution >= 4 is 32.5 Å². The van der Waals surface area contributed by atoms with Crippen LogP contribution in [0.3, 0.4) is 0 Å². The van der Waals surface area contributed by atoms with Crippen molar-refractivity contribution in [3.8, 4) is 0 Å². The first kappa shape index (κ1) is 17.7. The van der Waals surface area contributed by atoms with Gasteiger partial charge >= 0.3 is 0 Å². The molecule has 0 aliphatic carbocycles. The van der Waals surface area contributed by atoms with Gasteiger partial charge in [0.25, 0.3) is 5.91 Å². The van der Waals surface area contributed by atoms with Crippen LogP contribution >= 0.6 is 0 Å². The number of carbonyl (C=O) groups is 1. The first-order valence-electron chi connectivity index (χ1n) is 8.60. The van der Waals surface area contributed by atoms with Gasteiger partial charge in [0.1, 0.15) is 0 Å². The van der Waals surface area contributed by atoms with Crippen molar-refractivity contribution in [2.45, 2.75) is 19.9 Å². The fourth-order valence-corrected chi connectivity index (χ4v) is 4.51.